The molecule has 1 fully saturated rings. The van der Waals surface area contributed by atoms with Gasteiger partial charge in [0.2, 0.25) is 17.5 Å². The van der Waals surface area contributed by atoms with Gasteiger partial charge in [-0.05, 0) is 31.0 Å². The summed E-state index contributed by atoms with van der Waals surface area (Å²) in [6, 6.07) is 4.99. The van der Waals surface area contributed by atoms with Gasteiger partial charge in [0.1, 0.15) is 23.5 Å². The number of hydrogen-bond acceptors (Lipinski definition) is 10. The highest BCUT2D eigenvalue weighted by atomic mass is 19.4. The Bertz CT molecular complexity index is 1290. The molecule has 2 aliphatic heterocycles. The molecule has 2 aliphatic rings. The maximum absolute atomic E-state index is 13.7. The number of aliphatic hydroxyl groups excluding tert-OH is 1. The van der Waals surface area contributed by atoms with Crippen molar-refractivity contribution in [3.63, 3.8) is 0 Å². The van der Waals surface area contributed by atoms with Gasteiger partial charge in [0, 0.05) is 37.6 Å². The molecule has 1 saturated heterocycles. The van der Waals surface area contributed by atoms with Crippen molar-refractivity contribution in [1.82, 2.24) is 9.80 Å². The fourth-order valence-electron chi connectivity index (χ4n) is 3.79. The molecule has 1 amide bonds. The Kier molecular flexibility index (Phi) is 7.24. The first kappa shape index (κ1) is 25.2. The van der Waals surface area contributed by atoms with Crippen LogP contribution < -0.4 is 10.4 Å². The zero-order chi connectivity index (χ0) is 25.9. The number of ether oxygens (including phenoxy) is 1. The second-order valence-corrected chi connectivity index (χ2v) is 7.87. The number of nitrogens with zero attached hydrogens (tertiary/aromatic N) is 4. The molecule has 1 aromatic carbocycles. The first-order chi connectivity index (χ1) is 17.2. The van der Waals surface area contributed by atoms with Gasteiger partial charge in [0.05, 0.1) is 6.61 Å². The van der Waals surface area contributed by atoms with E-state index in [9.17, 15) is 27.6 Å². The number of aliphatic hydroxyl groups is 1. The quantitative estimate of drug-likeness (QED) is 0.206. The van der Waals surface area contributed by atoms with Crippen LogP contribution in [0, 0.1) is 0 Å². The van der Waals surface area contributed by atoms with Crippen molar-refractivity contribution in [2.75, 3.05) is 39.4 Å². The Labute approximate surface area is 201 Å². The van der Waals surface area contributed by atoms with Crippen LogP contribution in [0.1, 0.15) is 23.2 Å². The predicted molar refractivity (Wildman–Crippen MR) is 119 cm³/mol. The van der Waals surface area contributed by atoms with Crippen LogP contribution in [0.2, 0.25) is 0 Å². The molecule has 11 nitrogen and oxygen atoms in total. The van der Waals surface area contributed by atoms with Crippen LogP contribution in [-0.2, 0) is 4.84 Å². The maximum atomic E-state index is 13.7. The SMILES string of the molecule is O=C(/C(=N\OC(=O)N1CCCN2CCCN=C21)C(F)(F)F)c1cc2ccc(OCCO)cc2oc1=O. The number of oxime groups is 1. The normalized spacial score (nSPS) is 16.4. The Balaban J connectivity index is 1.60. The van der Waals surface area contributed by atoms with Crippen molar-refractivity contribution in [2.24, 2.45) is 10.1 Å². The first-order valence-electron chi connectivity index (χ1n) is 11.0. The van der Waals surface area contributed by atoms with Crippen molar-refractivity contribution >= 4 is 34.5 Å². The van der Waals surface area contributed by atoms with E-state index < -0.39 is 35.0 Å². The summed E-state index contributed by atoms with van der Waals surface area (Å²) in [5.41, 5.74) is -4.44. The second kappa shape index (κ2) is 10.4. The van der Waals surface area contributed by atoms with E-state index in [2.05, 4.69) is 15.0 Å². The van der Waals surface area contributed by atoms with Crippen molar-refractivity contribution < 1.29 is 41.9 Å². The van der Waals surface area contributed by atoms with E-state index in [1.807, 2.05) is 4.90 Å². The van der Waals surface area contributed by atoms with Gasteiger partial charge in [-0.3, -0.25) is 14.6 Å². The van der Waals surface area contributed by atoms with Crippen LogP contribution in [0.15, 0.2) is 43.6 Å². The number of carbonyl (C=O) groups is 2. The third-order valence-corrected chi connectivity index (χ3v) is 5.40. The minimum Gasteiger partial charge on any atom is -0.491 e. The van der Waals surface area contributed by atoms with Gasteiger partial charge in [0.15, 0.2) is 0 Å². The molecule has 3 heterocycles. The molecule has 0 spiro atoms. The zero-order valence-corrected chi connectivity index (χ0v) is 18.8. The van der Waals surface area contributed by atoms with E-state index in [1.54, 1.807) is 0 Å². The topological polar surface area (TPSA) is 134 Å². The number of alkyl halides is 3. The van der Waals surface area contributed by atoms with Gasteiger partial charge in [-0.15, -0.1) is 0 Å². The minimum atomic E-state index is -5.34. The Morgan fingerprint density at radius 1 is 1.17 bits per heavy atom. The molecule has 0 bridgehead atoms. The number of hydrogen-bond donors (Lipinski definition) is 1. The van der Waals surface area contributed by atoms with Gasteiger partial charge in [-0.25, -0.2) is 14.5 Å². The molecule has 1 N–H and O–H groups in total. The van der Waals surface area contributed by atoms with Crippen molar-refractivity contribution in [3.05, 3.63) is 40.2 Å². The summed E-state index contributed by atoms with van der Waals surface area (Å²) >= 11 is 0. The van der Waals surface area contributed by atoms with E-state index in [0.29, 0.717) is 26.1 Å². The summed E-state index contributed by atoms with van der Waals surface area (Å²) in [6.07, 6.45) is -5.23. The third-order valence-electron chi connectivity index (χ3n) is 5.40. The molecule has 1 aromatic heterocycles. The highest BCUT2D eigenvalue weighted by Crippen LogP contribution is 2.24. The number of ketones is 1. The lowest BCUT2D eigenvalue weighted by atomic mass is 10.1. The Hall–Kier alpha value is -3.94. The smallest absolute Gasteiger partial charge is 0.442 e. The van der Waals surface area contributed by atoms with Gasteiger partial charge in [-0.2, -0.15) is 13.2 Å². The molecule has 0 aliphatic carbocycles. The van der Waals surface area contributed by atoms with Gasteiger partial charge < -0.3 is 19.2 Å². The van der Waals surface area contributed by atoms with Crippen LogP contribution in [0.5, 0.6) is 5.75 Å². The predicted octanol–water partition coefficient (Wildman–Crippen LogP) is 2.17. The van der Waals surface area contributed by atoms with E-state index in [0.717, 1.165) is 17.4 Å². The maximum Gasteiger partial charge on any atom is 0.442 e. The molecule has 4 rings (SSSR count). The first-order valence-corrected chi connectivity index (χ1v) is 11.0. The highest BCUT2D eigenvalue weighted by molar-refractivity contribution is 6.47. The molecule has 14 heteroatoms. The van der Waals surface area contributed by atoms with E-state index in [1.165, 1.54) is 18.2 Å². The minimum absolute atomic E-state index is 0.0285. The van der Waals surface area contributed by atoms with Crippen LogP contribution in [0.4, 0.5) is 18.0 Å². The molecule has 2 aromatic rings. The fraction of sp³-hybridized carbons (Fsp3) is 0.409. The summed E-state index contributed by atoms with van der Waals surface area (Å²) in [5.74, 6) is -1.30. The Morgan fingerprint density at radius 3 is 2.69 bits per heavy atom. The molecule has 0 saturated carbocycles. The second-order valence-electron chi connectivity index (χ2n) is 7.87. The lowest BCUT2D eigenvalue weighted by Gasteiger charge is -2.38. The molecule has 36 heavy (non-hydrogen) atoms. The average molecular weight is 510 g/mol. The summed E-state index contributed by atoms with van der Waals surface area (Å²) in [4.78, 5) is 49.1. The molecule has 0 unspecified atom stereocenters. The lowest BCUT2D eigenvalue weighted by molar-refractivity contribution is -0.0605. The summed E-state index contributed by atoms with van der Waals surface area (Å²) in [5, 5.41) is 11.8. The summed E-state index contributed by atoms with van der Waals surface area (Å²) in [7, 11) is 0. The number of amides is 1. The number of rotatable bonds is 6. The van der Waals surface area contributed by atoms with E-state index in [4.69, 9.17) is 14.3 Å². The van der Waals surface area contributed by atoms with Crippen LogP contribution >= 0.6 is 0 Å². The van der Waals surface area contributed by atoms with E-state index in [-0.39, 0.29) is 42.4 Å². The van der Waals surface area contributed by atoms with Crippen LogP contribution in [0.25, 0.3) is 11.0 Å². The Morgan fingerprint density at radius 2 is 1.94 bits per heavy atom. The molecule has 0 atom stereocenters. The molecule has 192 valence electrons. The zero-order valence-electron chi connectivity index (χ0n) is 18.8. The highest BCUT2D eigenvalue weighted by Gasteiger charge is 2.44. The monoisotopic (exact) mass is 510 g/mol. The standard InChI is InChI=1S/C22H21F3N4O7/c23-22(24,25)18(27-36-21(33)29-8-2-7-28-6-1-5-26-20(28)29)17(31)15-11-13-3-4-14(34-10-9-30)12-16(13)35-19(15)32/h3-4,11-12,30H,1-2,5-10H2/b27-18+. The average Bonchev–Trinajstić information content (AvgIpc) is 2.85. The molecule has 0 radical (unpaired) electrons. The van der Waals surface area contributed by atoms with Gasteiger partial charge in [-0.1, -0.05) is 5.16 Å². The largest absolute Gasteiger partial charge is 0.491 e. The van der Waals surface area contributed by atoms with Crippen molar-refractivity contribution in [3.8, 4) is 5.75 Å². The number of guanidine groups is 1. The van der Waals surface area contributed by atoms with E-state index >= 15 is 0 Å². The van der Waals surface area contributed by atoms with Crippen molar-refractivity contribution in [2.45, 2.75) is 19.0 Å². The number of benzene rings is 1. The van der Waals surface area contributed by atoms with Crippen LogP contribution in [0.3, 0.4) is 0 Å². The molecular formula is C22H21F3N4O7. The number of fused-ring (bicyclic) bond motifs is 2. The number of aliphatic imine (C=N–C) groups is 1. The fourth-order valence-corrected chi connectivity index (χ4v) is 3.79. The lowest BCUT2D eigenvalue weighted by Crippen LogP contribution is -2.54. The third kappa shape index (κ3) is 5.32. The van der Waals surface area contributed by atoms with Crippen LogP contribution in [-0.4, -0.2) is 84.0 Å². The molecular weight excluding hydrogens is 489 g/mol. The number of carbonyl (C=O) groups excluding carboxylic acids is 2. The summed E-state index contributed by atoms with van der Waals surface area (Å²) in [6.45, 7) is 1.62. The number of halogens is 3. The number of Topliss-reactive ketones (excluding diaryl/α,β-unsaturated/α-hetero) is 1. The van der Waals surface area contributed by atoms with Gasteiger partial charge in [0.25, 0.3) is 0 Å². The van der Waals surface area contributed by atoms with Gasteiger partial charge >= 0.3 is 17.9 Å². The summed E-state index contributed by atoms with van der Waals surface area (Å²) < 4.78 is 51.2. The van der Waals surface area contributed by atoms with Crippen molar-refractivity contribution in [1.29, 1.82) is 0 Å².